The molecular weight excluding hydrogens is 400 g/mol. The number of thioether (sulfide) groups is 1. The number of benzene rings is 2. The summed E-state index contributed by atoms with van der Waals surface area (Å²) in [7, 11) is 1.67. The Kier molecular flexibility index (Phi) is 5.97. The predicted octanol–water partition coefficient (Wildman–Crippen LogP) is 5.82. The van der Waals surface area contributed by atoms with Crippen molar-refractivity contribution in [1.29, 1.82) is 0 Å². The average Bonchev–Trinajstić information content (AvgIpc) is 3.40. The minimum absolute atomic E-state index is 0.448. The molecule has 7 heteroatoms. The Morgan fingerprint density at radius 1 is 1.03 bits per heavy atom. The highest BCUT2D eigenvalue weighted by Crippen LogP contribution is 2.34. The van der Waals surface area contributed by atoms with Crippen LogP contribution in [0.5, 0.6) is 5.75 Å². The van der Waals surface area contributed by atoms with Crippen LogP contribution >= 0.6 is 23.1 Å². The van der Waals surface area contributed by atoms with Gasteiger partial charge in [-0.05, 0) is 24.3 Å². The van der Waals surface area contributed by atoms with E-state index in [-0.39, 0.29) is 0 Å². The van der Waals surface area contributed by atoms with Crippen molar-refractivity contribution in [2.24, 2.45) is 0 Å². The Labute approximate surface area is 178 Å². The summed E-state index contributed by atoms with van der Waals surface area (Å²) < 4.78 is 7.64. The van der Waals surface area contributed by atoms with Gasteiger partial charge >= 0.3 is 0 Å². The molecule has 2 aromatic carbocycles. The summed E-state index contributed by atoms with van der Waals surface area (Å²) in [5.74, 6) is 2.73. The Morgan fingerprint density at radius 3 is 2.52 bits per heavy atom. The van der Waals surface area contributed by atoms with E-state index >= 15 is 0 Å². The maximum atomic E-state index is 5.56. The maximum absolute atomic E-state index is 5.56. The molecule has 0 N–H and O–H groups in total. The third kappa shape index (κ3) is 4.21. The van der Waals surface area contributed by atoms with E-state index in [1.807, 2.05) is 42.5 Å². The summed E-state index contributed by atoms with van der Waals surface area (Å²) >= 11 is 3.36. The highest BCUT2D eigenvalue weighted by Gasteiger charge is 2.19. The first-order valence-electron chi connectivity index (χ1n) is 9.38. The topological polar surface area (TPSA) is 52.8 Å². The second kappa shape index (κ2) is 8.80. The smallest absolute Gasteiger partial charge is 0.196 e. The summed E-state index contributed by atoms with van der Waals surface area (Å²) in [6.45, 7) is 4.34. The second-order valence-corrected chi connectivity index (χ2v) is 8.63. The van der Waals surface area contributed by atoms with Gasteiger partial charge in [-0.1, -0.05) is 55.9 Å². The fourth-order valence-electron chi connectivity index (χ4n) is 2.97. The van der Waals surface area contributed by atoms with Gasteiger partial charge in [0.15, 0.2) is 11.0 Å². The van der Waals surface area contributed by atoms with E-state index in [0.29, 0.717) is 5.92 Å². The number of aromatic nitrogens is 4. The highest BCUT2D eigenvalue weighted by atomic mass is 32.2. The van der Waals surface area contributed by atoms with Gasteiger partial charge in [0.05, 0.1) is 23.4 Å². The molecule has 0 saturated heterocycles. The Balaban J connectivity index is 1.71. The predicted molar refractivity (Wildman–Crippen MR) is 119 cm³/mol. The van der Waals surface area contributed by atoms with Gasteiger partial charge in [0.25, 0.3) is 0 Å². The van der Waals surface area contributed by atoms with Gasteiger partial charge in [0.2, 0.25) is 0 Å². The Bertz CT molecular complexity index is 1090. The molecule has 0 aliphatic carbocycles. The molecule has 0 aliphatic heterocycles. The first-order chi connectivity index (χ1) is 14.2. The van der Waals surface area contributed by atoms with E-state index in [2.05, 4.69) is 46.1 Å². The van der Waals surface area contributed by atoms with Gasteiger partial charge in [-0.3, -0.25) is 4.57 Å². The second-order valence-electron chi connectivity index (χ2n) is 6.80. The first kappa shape index (κ1) is 19.7. The van der Waals surface area contributed by atoms with Crippen LogP contribution in [-0.4, -0.2) is 26.9 Å². The van der Waals surface area contributed by atoms with Gasteiger partial charge in [0.1, 0.15) is 5.75 Å². The number of methoxy groups -OCH3 is 1. The normalized spacial score (nSPS) is 11.2. The van der Waals surface area contributed by atoms with E-state index in [9.17, 15) is 0 Å². The largest absolute Gasteiger partial charge is 0.496 e. The summed E-state index contributed by atoms with van der Waals surface area (Å²) in [5.41, 5.74) is 3.00. The van der Waals surface area contributed by atoms with Crippen molar-refractivity contribution in [1.82, 2.24) is 19.7 Å². The zero-order valence-electron chi connectivity index (χ0n) is 16.6. The molecule has 2 heterocycles. The van der Waals surface area contributed by atoms with E-state index < -0.39 is 0 Å². The molecular formula is C22H22N4OS2. The molecule has 0 atom stereocenters. The zero-order chi connectivity index (χ0) is 20.2. The van der Waals surface area contributed by atoms with Gasteiger partial charge < -0.3 is 4.74 Å². The average molecular weight is 423 g/mol. The van der Waals surface area contributed by atoms with E-state index in [4.69, 9.17) is 9.72 Å². The molecule has 29 heavy (non-hydrogen) atoms. The zero-order valence-corrected chi connectivity index (χ0v) is 18.2. The minimum atomic E-state index is 0.448. The number of thiazole rings is 1. The molecule has 0 fully saturated rings. The van der Waals surface area contributed by atoms with Crippen molar-refractivity contribution >= 4 is 23.1 Å². The third-order valence-electron chi connectivity index (χ3n) is 4.41. The molecule has 4 rings (SSSR count). The third-order valence-corrected chi connectivity index (χ3v) is 6.56. The molecule has 0 unspecified atom stereocenters. The van der Waals surface area contributed by atoms with Gasteiger partial charge in [-0.15, -0.1) is 21.5 Å². The highest BCUT2D eigenvalue weighted by molar-refractivity contribution is 7.98. The fraction of sp³-hybridized carbons (Fsp3) is 0.227. The quantitative estimate of drug-likeness (QED) is 0.352. The number of ether oxygens (including phenoxy) is 1. The van der Waals surface area contributed by atoms with Crippen LogP contribution in [0.15, 0.2) is 65.1 Å². The van der Waals surface area contributed by atoms with Gasteiger partial charge in [-0.2, -0.15) is 0 Å². The SMILES string of the molecule is COc1ccccc1-c1nnc(SCc2csc(C(C)C)n2)n1-c1ccccc1. The van der Waals surface area contributed by atoms with Crippen LogP contribution in [0.3, 0.4) is 0 Å². The lowest BCUT2D eigenvalue weighted by atomic mass is 10.2. The van der Waals surface area contributed by atoms with Crippen LogP contribution in [0.25, 0.3) is 17.1 Å². The van der Waals surface area contributed by atoms with Crippen molar-refractivity contribution in [3.63, 3.8) is 0 Å². The lowest BCUT2D eigenvalue weighted by molar-refractivity contribution is 0.416. The van der Waals surface area contributed by atoms with Crippen LogP contribution in [0.2, 0.25) is 0 Å². The lowest BCUT2D eigenvalue weighted by Crippen LogP contribution is -2.01. The summed E-state index contributed by atoms with van der Waals surface area (Å²) in [6, 6.07) is 18.1. The molecule has 0 saturated carbocycles. The van der Waals surface area contributed by atoms with Crippen LogP contribution in [0.1, 0.15) is 30.5 Å². The van der Waals surface area contributed by atoms with Gasteiger partial charge in [-0.25, -0.2) is 4.98 Å². The van der Waals surface area contributed by atoms with Crippen molar-refractivity contribution < 1.29 is 4.74 Å². The van der Waals surface area contributed by atoms with Crippen LogP contribution in [0, 0.1) is 0 Å². The maximum Gasteiger partial charge on any atom is 0.196 e. The molecule has 148 valence electrons. The van der Waals surface area contributed by atoms with Crippen molar-refractivity contribution in [3.05, 3.63) is 70.7 Å². The van der Waals surface area contributed by atoms with Crippen molar-refractivity contribution in [3.8, 4) is 22.8 Å². The monoisotopic (exact) mass is 422 g/mol. The van der Waals surface area contributed by atoms with Crippen LogP contribution in [0.4, 0.5) is 0 Å². The molecule has 5 nitrogen and oxygen atoms in total. The number of para-hydroxylation sites is 2. The van der Waals surface area contributed by atoms with Crippen LogP contribution < -0.4 is 4.74 Å². The minimum Gasteiger partial charge on any atom is -0.496 e. The number of hydrogen-bond acceptors (Lipinski definition) is 6. The fourth-order valence-corrected chi connectivity index (χ4v) is 4.75. The molecule has 4 aromatic rings. The van der Waals surface area contributed by atoms with Crippen molar-refractivity contribution in [2.75, 3.05) is 7.11 Å². The molecule has 0 amide bonds. The lowest BCUT2D eigenvalue weighted by Gasteiger charge is -2.12. The number of nitrogens with zero attached hydrogens (tertiary/aromatic N) is 4. The van der Waals surface area contributed by atoms with Crippen LogP contribution in [-0.2, 0) is 5.75 Å². The molecule has 0 aliphatic rings. The summed E-state index contributed by atoms with van der Waals surface area (Å²) in [6.07, 6.45) is 0. The molecule has 0 spiro atoms. The van der Waals surface area contributed by atoms with Crippen molar-refractivity contribution in [2.45, 2.75) is 30.7 Å². The summed E-state index contributed by atoms with van der Waals surface area (Å²) in [5, 5.41) is 13.1. The van der Waals surface area contributed by atoms with E-state index in [0.717, 1.165) is 39.4 Å². The Hall–Kier alpha value is -2.64. The van der Waals surface area contributed by atoms with Gasteiger partial charge in [0, 0.05) is 22.7 Å². The van der Waals surface area contributed by atoms with E-state index in [1.165, 1.54) is 5.01 Å². The Morgan fingerprint density at radius 2 is 1.79 bits per heavy atom. The summed E-state index contributed by atoms with van der Waals surface area (Å²) in [4.78, 5) is 4.74. The molecule has 2 aromatic heterocycles. The molecule has 0 bridgehead atoms. The number of rotatable bonds is 7. The standard InChI is InChI=1S/C22H22N4OS2/c1-15(2)21-23-16(13-28-21)14-29-22-25-24-20(18-11-7-8-12-19(18)27-3)26(22)17-9-5-4-6-10-17/h4-13,15H,14H2,1-3H3. The first-order valence-corrected chi connectivity index (χ1v) is 11.2. The molecule has 0 radical (unpaired) electrons. The van der Waals surface area contributed by atoms with E-state index in [1.54, 1.807) is 30.2 Å². The number of hydrogen-bond donors (Lipinski definition) is 0.